The van der Waals surface area contributed by atoms with Crippen molar-refractivity contribution in [2.75, 3.05) is 13.1 Å². The van der Waals surface area contributed by atoms with Gasteiger partial charge in [-0.1, -0.05) is 44.2 Å². The average molecular weight is 557 g/mol. The van der Waals surface area contributed by atoms with Gasteiger partial charge in [-0.05, 0) is 92.8 Å². The quantitative estimate of drug-likeness (QED) is 0.260. The van der Waals surface area contributed by atoms with Gasteiger partial charge in [-0.25, -0.2) is 0 Å². The van der Waals surface area contributed by atoms with Crippen LogP contribution in [0.3, 0.4) is 0 Å². The van der Waals surface area contributed by atoms with Crippen LogP contribution in [0.4, 0.5) is 26.3 Å². The predicted molar refractivity (Wildman–Crippen MR) is 139 cm³/mol. The van der Waals surface area contributed by atoms with E-state index in [1.807, 2.05) is 6.07 Å². The smallest absolute Gasteiger partial charge is 0.378 e. The summed E-state index contributed by atoms with van der Waals surface area (Å²) in [4.78, 5) is 2.50. The molecule has 3 atom stereocenters. The third kappa shape index (κ3) is 7.35. The zero-order valence-corrected chi connectivity index (χ0v) is 22.5. The van der Waals surface area contributed by atoms with E-state index in [-0.39, 0.29) is 24.1 Å². The van der Waals surface area contributed by atoms with Crippen LogP contribution in [0.2, 0.25) is 0 Å². The maximum absolute atomic E-state index is 13.3. The lowest BCUT2D eigenvalue weighted by Gasteiger charge is -2.40. The van der Waals surface area contributed by atoms with Gasteiger partial charge in [0.1, 0.15) is 6.23 Å². The van der Waals surface area contributed by atoms with Crippen molar-refractivity contribution in [2.45, 2.75) is 89.5 Å². The molecule has 39 heavy (non-hydrogen) atoms. The molecule has 2 aromatic rings. The van der Waals surface area contributed by atoms with Gasteiger partial charge in [0.25, 0.3) is 0 Å². The van der Waals surface area contributed by atoms with Crippen molar-refractivity contribution in [3.8, 4) is 0 Å². The first kappa shape index (κ1) is 29.9. The van der Waals surface area contributed by atoms with Crippen molar-refractivity contribution >= 4 is 0 Å². The topological polar surface area (TPSA) is 35.5 Å². The number of aliphatic hydroxyl groups excluding tert-OH is 1. The molecule has 9 heteroatoms. The van der Waals surface area contributed by atoms with Crippen LogP contribution < -0.4 is 5.32 Å². The molecule has 0 amide bonds. The van der Waals surface area contributed by atoms with Gasteiger partial charge in [0, 0.05) is 18.0 Å². The van der Waals surface area contributed by atoms with Gasteiger partial charge in [-0.3, -0.25) is 5.32 Å². The molecule has 3 unspecified atom stereocenters. The summed E-state index contributed by atoms with van der Waals surface area (Å²) in [5.74, 6) is 0.806. The van der Waals surface area contributed by atoms with Crippen LogP contribution in [0.5, 0.6) is 0 Å². The third-order valence-electron chi connectivity index (χ3n) is 8.48. The summed E-state index contributed by atoms with van der Waals surface area (Å²) >= 11 is 0. The van der Waals surface area contributed by atoms with Crippen LogP contribution in [0.15, 0.2) is 48.5 Å². The van der Waals surface area contributed by atoms with E-state index in [0.717, 1.165) is 57.3 Å². The van der Waals surface area contributed by atoms with Crippen LogP contribution in [0.25, 0.3) is 0 Å². The Bertz CT molecular complexity index is 1050. The highest BCUT2D eigenvalue weighted by Crippen LogP contribution is 2.48. The maximum atomic E-state index is 13.3. The molecule has 0 bridgehead atoms. The number of likely N-dealkylation sites (tertiary alicyclic amines) is 1. The molecule has 1 aliphatic heterocycles. The fourth-order valence-corrected chi connectivity index (χ4v) is 6.67. The molecule has 0 spiro atoms. The summed E-state index contributed by atoms with van der Waals surface area (Å²) in [6, 6.07) is 12.4. The fourth-order valence-electron chi connectivity index (χ4n) is 6.67. The molecule has 1 saturated heterocycles. The van der Waals surface area contributed by atoms with E-state index in [1.165, 1.54) is 5.56 Å². The zero-order chi connectivity index (χ0) is 28.4. The Hall–Kier alpha value is -2.10. The first-order chi connectivity index (χ1) is 18.3. The summed E-state index contributed by atoms with van der Waals surface area (Å²) in [5.41, 5.74) is -1.99. The first-order valence-electron chi connectivity index (χ1n) is 13.8. The number of piperidine rings is 1. The van der Waals surface area contributed by atoms with E-state index in [4.69, 9.17) is 0 Å². The molecular weight excluding hydrogens is 518 g/mol. The minimum absolute atomic E-state index is 0.128. The Morgan fingerprint density at radius 1 is 0.923 bits per heavy atom. The zero-order valence-electron chi connectivity index (χ0n) is 22.5. The van der Waals surface area contributed by atoms with Gasteiger partial charge in [0.2, 0.25) is 0 Å². The van der Waals surface area contributed by atoms with Gasteiger partial charge >= 0.3 is 12.4 Å². The molecule has 4 rings (SSSR count). The number of benzene rings is 2. The van der Waals surface area contributed by atoms with E-state index in [1.54, 1.807) is 0 Å². The molecule has 1 heterocycles. The molecule has 0 radical (unpaired) electrons. The number of halogens is 6. The molecule has 216 valence electrons. The lowest BCUT2D eigenvalue weighted by molar-refractivity contribution is -0.143. The first-order valence-corrected chi connectivity index (χ1v) is 13.8. The number of nitrogens with one attached hydrogen (secondary N) is 1. The summed E-state index contributed by atoms with van der Waals surface area (Å²) in [5, 5.41) is 14.2. The molecule has 2 aromatic carbocycles. The number of hydrogen-bond donors (Lipinski definition) is 2. The lowest BCUT2D eigenvalue weighted by atomic mass is 9.76. The number of aliphatic hydroxyl groups is 1. The Morgan fingerprint density at radius 3 is 2.05 bits per heavy atom. The Kier molecular flexibility index (Phi) is 9.03. The predicted octanol–water partition coefficient (Wildman–Crippen LogP) is 7.60. The molecule has 2 N–H and O–H groups in total. The summed E-state index contributed by atoms with van der Waals surface area (Å²) in [7, 11) is 0. The number of nitrogens with zero attached hydrogens (tertiary/aromatic N) is 1. The van der Waals surface area contributed by atoms with Crippen molar-refractivity contribution in [1.29, 1.82) is 0 Å². The van der Waals surface area contributed by atoms with Crippen LogP contribution in [-0.2, 0) is 18.9 Å². The number of alkyl halides is 6. The molecular formula is C30H38F6N2O. The Morgan fingerprint density at radius 2 is 1.51 bits per heavy atom. The molecule has 2 fully saturated rings. The van der Waals surface area contributed by atoms with Crippen LogP contribution in [-0.4, -0.2) is 35.4 Å². The van der Waals surface area contributed by atoms with Crippen molar-refractivity contribution in [1.82, 2.24) is 10.2 Å². The molecule has 3 nitrogen and oxygen atoms in total. The van der Waals surface area contributed by atoms with Crippen molar-refractivity contribution in [2.24, 2.45) is 11.3 Å². The summed E-state index contributed by atoms with van der Waals surface area (Å²) in [6.45, 7) is 5.78. The second-order valence-electron chi connectivity index (χ2n) is 11.8. The number of rotatable bonds is 8. The lowest BCUT2D eigenvalue weighted by Crippen LogP contribution is -2.46. The highest BCUT2D eigenvalue weighted by Gasteiger charge is 2.47. The van der Waals surface area contributed by atoms with E-state index >= 15 is 0 Å². The average Bonchev–Trinajstić information content (AvgIpc) is 3.31. The van der Waals surface area contributed by atoms with E-state index < -0.39 is 35.1 Å². The Labute approximate surface area is 226 Å². The largest absolute Gasteiger partial charge is 0.416 e. The highest BCUT2D eigenvalue weighted by molar-refractivity contribution is 5.33. The van der Waals surface area contributed by atoms with Crippen molar-refractivity contribution in [3.63, 3.8) is 0 Å². The minimum atomic E-state index is -4.90. The highest BCUT2D eigenvalue weighted by atomic mass is 19.4. The molecule has 0 aromatic heterocycles. The van der Waals surface area contributed by atoms with Crippen LogP contribution in [0, 0.1) is 11.3 Å². The maximum Gasteiger partial charge on any atom is 0.416 e. The normalized spacial score (nSPS) is 24.4. The van der Waals surface area contributed by atoms with Crippen LogP contribution >= 0.6 is 0 Å². The van der Waals surface area contributed by atoms with Gasteiger partial charge in [0.05, 0.1) is 11.1 Å². The molecule has 1 aliphatic carbocycles. The minimum Gasteiger partial charge on any atom is -0.378 e. The molecule has 2 aliphatic rings. The Balaban J connectivity index is 1.43. The van der Waals surface area contributed by atoms with Crippen LogP contribution in [0.1, 0.15) is 80.5 Å². The van der Waals surface area contributed by atoms with Gasteiger partial charge in [0.15, 0.2) is 0 Å². The summed E-state index contributed by atoms with van der Waals surface area (Å²) in [6.07, 6.45) is -5.61. The second-order valence-corrected chi connectivity index (χ2v) is 11.8. The van der Waals surface area contributed by atoms with E-state index in [0.29, 0.717) is 18.4 Å². The summed E-state index contributed by atoms with van der Waals surface area (Å²) < 4.78 is 79.7. The van der Waals surface area contributed by atoms with Crippen molar-refractivity contribution in [3.05, 3.63) is 70.8 Å². The number of hydrogen-bond acceptors (Lipinski definition) is 3. The van der Waals surface area contributed by atoms with Crippen molar-refractivity contribution < 1.29 is 31.4 Å². The molecule has 1 saturated carbocycles. The second kappa shape index (κ2) is 11.8. The van der Waals surface area contributed by atoms with Gasteiger partial charge in [-0.2, -0.15) is 26.3 Å². The SMILES string of the molecule is CC(C)CC1(C(O)NCc2cc(C(F)(F)F)cc(C(F)(F)F)c2)CCC(N2CCC(c3ccccc3)CC2)C1. The standard InChI is InChI=1S/C30H38F6N2O/c1-20(2)17-28(11-8-26(18-28)38-12-9-23(10-13-38)22-6-4-3-5-7-22)27(39)37-19-21-14-24(29(31,32)33)16-25(15-21)30(34,35)36/h3-7,14-16,20,23,26-27,37,39H,8-13,17-19H2,1-2H3. The fraction of sp³-hybridized carbons (Fsp3) is 0.600. The van der Waals surface area contributed by atoms with E-state index in [2.05, 4.69) is 48.3 Å². The van der Waals surface area contributed by atoms with E-state index in [9.17, 15) is 31.4 Å². The van der Waals surface area contributed by atoms with Gasteiger partial charge in [-0.15, -0.1) is 0 Å². The van der Waals surface area contributed by atoms with Gasteiger partial charge < -0.3 is 10.0 Å². The monoisotopic (exact) mass is 556 g/mol. The third-order valence-corrected chi connectivity index (χ3v) is 8.48.